The van der Waals surface area contributed by atoms with Crippen molar-refractivity contribution in [2.75, 3.05) is 19.0 Å². The van der Waals surface area contributed by atoms with E-state index in [1.807, 2.05) is 43.3 Å². The van der Waals surface area contributed by atoms with Crippen LogP contribution in [0.15, 0.2) is 42.5 Å². The van der Waals surface area contributed by atoms with Gasteiger partial charge in [0, 0.05) is 24.6 Å². The van der Waals surface area contributed by atoms with E-state index in [0.717, 1.165) is 22.6 Å². The second-order valence-corrected chi connectivity index (χ2v) is 7.00. The molecule has 1 aliphatic heterocycles. The summed E-state index contributed by atoms with van der Waals surface area (Å²) in [5.41, 5.74) is 4.27. The number of carbonyl (C=O) groups excluding carboxylic acids is 2. The van der Waals surface area contributed by atoms with Crippen LogP contribution in [0.25, 0.3) is 0 Å². The van der Waals surface area contributed by atoms with Gasteiger partial charge in [-0.2, -0.15) is 0 Å². The van der Waals surface area contributed by atoms with E-state index in [4.69, 9.17) is 4.74 Å². The van der Waals surface area contributed by atoms with Crippen LogP contribution in [0.2, 0.25) is 0 Å². The van der Waals surface area contributed by atoms with Crippen molar-refractivity contribution >= 4 is 17.5 Å². The predicted molar refractivity (Wildman–Crippen MR) is 106 cm³/mol. The molecule has 2 aromatic carbocycles. The van der Waals surface area contributed by atoms with Gasteiger partial charge in [-0.15, -0.1) is 0 Å². The lowest BCUT2D eigenvalue weighted by Crippen LogP contribution is -2.32. The van der Waals surface area contributed by atoms with Gasteiger partial charge in [0.25, 0.3) is 0 Å². The Bertz CT molecular complexity index is 832. The van der Waals surface area contributed by atoms with Crippen LogP contribution in [0.1, 0.15) is 29.5 Å². The lowest BCUT2D eigenvalue weighted by atomic mass is 9.89. The van der Waals surface area contributed by atoms with Gasteiger partial charge in [0.05, 0.1) is 7.11 Å². The van der Waals surface area contributed by atoms with Crippen molar-refractivity contribution in [3.63, 3.8) is 0 Å². The normalized spacial score (nSPS) is 15.6. The quantitative estimate of drug-likeness (QED) is 0.790. The number of hydrogen-bond donors (Lipinski definition) is 2. The zero-order valence-corrected chi connectivity index (χ0v) is 15.9. The highest BCUT2D eigenvalue weighted by Gasteiger charge is 2.26. The first-order valence-electron chi connectivity index (χ1n) is 9.36. The van der Waals surface area contributed by atoms with Crippen LogP contribution in [-0.2, 0) is 22.4 Å². The maximum Gasteiger partial charge on any atom is 0.227 e. The molecule has 0 saturated heterocycles. The molecule has 1 atom stereocenters. The van der Waals surface area contributed by atoms with Gasteiger partial charge in [-0.1, -0.05) is 35.9 Å². The summed E-state index contributed by atoms with van der Waals surface area (Å²) < 4.78 is 5.37. The van der Waals surface area contributed by atoms with E-state index in [2.05, 4.69) is 16.7 Å². The van der Waals surface area contributed by atoms with E-state index in [1.54, 1.807) is 7.11 Å². The van der Waals surface area contributed by atoms with E-state index < -0.39 is 0 Å². The van der Waals surface area contributed by atoms with Crippen LogP contribution in [-0.4, -0.2) is 25.5 Å². The summed E-state index contributed by atoms with van der Waals surface area (Å²) in [5, 5.41) is 5.88. The number of fused-ring (bicyclic) bond motifs is 1. The van der Waals surface area contributed by atoms with Crippen molar-refractivity contribution in [3.05, 3.63) is 59.2 Å². The molecule has 2 aromatic rings. The second kappa shape index (κ2) is 8.71. The average Bonchev–Trinajstić information content (AvgIpc) is 2.66. The molecular weight excluding hydrogens is 340 g/mol. The van der Waals surface area contributed by atoms with E-state index in [1.165, 1.54) is 5.56 Å². The number of ether oxygens (including phenoxy) is 1. The molecule has 1 heterocycles. The van der Waals surface area contributed by atoms with Crippen LogP contribution < -0.4 is 15.4 Å². The number of benzene rings is 2. The van der Waals surface area contributed by atoms with Crippen molar-refractivity contribution < 1.29 is 14.3 Å². The fourth-order valence-corrected chi connectivity index (χ4v) is 3.48. The van der Waals surface area contributed by atoms with Crippen molar-refractivity contribution in [1.82, 2.24) is 5.32 Å². The number of carbonyl (C=O) groups is 2. The van der Waals surface area contributed by atoms with Gasteiger partial charge < -0.3 is 15.4 Å². The van der Waals surface area contributed by atoms with Gasteiger partial charge in [-0.3, -0.25) is 9.59 Å². The molecule has 0 spiro atoms. The minimum atomic E-state index is -0.150. The highest BCUT2D eigenvalue weighted by molar-refractivity contribution is 5.96. The summed E-state index contributed by atoms with van der Waals surface area (Å²) >= 11 is 0. The van der Waals surface area contributed by atoms with E-state index in [-0.39, 0.29) is 17.7 Å². The van der Waals surface area contributed by atoms with E-state index in [0.29, 0.717) is 32.2 Å². The lowest BCUT2D eigenvalue weighted by molar-refractivity contribution is -0.122. The Kier molecular flexibility index (Phi) is 6.12. The Hall–Kier alpha value is -2.82. The largest absolute Gasteiger partial charge is 0.496 e. The number of aryl methyl sites for hydroxylation is 1. The molecule has 3 rings (SSSR count). The molecule has 1 aliphatic rings. The SMILES string of the molecule is COc1ccc(C)cc1CCNC(=O)CC[C@@H]1Cc2ccccc2NC1=O. The Morgan fingerprint density at radius 3 is 2.89 bits per heavy atom. The molecule has 0 aliphatic carbocycles. The summed E-state index contributed by atoms with van der Waals surface area (Å²) in [6.45, 7) is 2.59. The van der Waals surface area contributed by atoms with Crippen molar-refractivity contribution in [3.8, 4) is 5.75 Å². The number of anilines is 1. The summed E-state index contributed by atoms with van der Waals surface area (Å²) in [7, 11) is 1.65. The molecule has 5 nitrogen and oxygen atoms in total. The minimum absolute atomic E-state index is 0.00555. The standard InChI is InChI=1S/C22H26N2O3/c1-15-7-9-20(27-2)17(13-15)11-12-23-21(25)10-8-18-14-16-5-3-4-6-19(16)24-22(18)26/h3-7,9,13,18H,8,10-12,14H2,1-2H3,(H,23,25)(H,24,26)/t18-/m1/s1. The third kappa shape index (κ3) is 4.88. The maximum absolute atomic E-state index is 12.2. The molecule has 27 heavy (non-hydrogen) atoms. The van der Waals surface area contributed by atoms with E-state index in [9.17, 15) is 9.59 Å². The number of para-hydroxylation sites is 1. The third-order valence-electron chi connectivity index (χ3n) is 4.98. The molecule has 0 bridgehead atoms. The summed E-state index contributed by atoms with van der Waals surface area (Å²) in [6.07, 6.45) is 2.31. The molecule has 2 N–H and O–H groups in total. The second-order valence-electron chi connectivity index (χ2n) is 7.00. The Morgan fingerprint density at radius 2 is 2.07 bits per heavy atom. The first kappa shape index (κ1) is 19.0. The van der Waals surface area contributed by atoms with Crippen molar-refractivity contribution in [2.45, 2.75) is 32.6 Å². The first-order chi connectivity index (χ1) is 13.1. The minimum Gasteiger partial charge on any atom is -0.496 e. The zero-order chi connectivity index (χ0) is 19.2. The average molecular weight is 366 g/mol. The van der Waals surface area contributed by atoms with Crippen molar-refractivity contribution in [2.24, 2.45) is 5.92 Å². The monoisotopic (exact) mass is 366 g/mol. The molecule has 5 heteroatoms. The Balaban J connectivity index is 1.45. The Labute approximate surface area is 160 Å². The van der Waals surface area contributed by atoms with E-state index >= 15 is 0 Å². The Morgan fingerprint density at radius 1 is 1.26 bits per heavy atom. The van der Waals surface area contributed by atoms with Crippen LogP contribution >= 0.6 is 0 Å². The maximum atomic E-state index is 12.2. The van der Waals surface area contributed by atoms with Gasteiger partial charge in [-0.25, -0.2) is 0 Å². The molecule has 142 valence electrons. The molecule has 0 fully saturated rings. The fourth-order valence-electron chi connectivity index (χ4n) is 3.48. The number of rotatable bonds is 7. The number of methoxy groups -OCH3 is 1. The van der Waals surface area contributed by atoms with Crippen LogP contribution in [0.4, 0.5) is 5.69 Å². The smallest absolute Gasteiger partial charge is 0.227 e. The lowest BCUT2D eigenvalue weighted by Gasteiger charge is -2.24. The zero-order valence-electron chi connectivity index (χ0n) is 15.9. The fraction of sp³-hybridized carbons (Fsp3) is 0.364. The summed E-state index contributed by atoms with van der Waals surface area (Å²) in [6, 6.07) is 13.9. The van der Waals surface area contributed by atoms with Gasteiger partial charge in [-0.05, 0) is 49.4 Å². The van der Waals surface area contributed by atoms with Gasteiger partial charge in [0.1, 0.15) is 5.75 Å². The number of hydrogen-bond acceptors (Lipinski definition) is 3. The summed E-state index contributed by atoms with van der Waals surface area (Å²) in [4.78, 5) is 24.4. The van der Waals surface area contributed by atoms with Gasteiger partial charge >= 0.3 is 0 Å². The van der Waals surface area contributed by atoms with Crippen LogP contribution in [0.3, 0.4) is 0 Å². The number of amides is 2. The number of nitrogens with one attached hydrogen (secondary N) is 2. The highest BCUT2D eigenvalue weighted by Crippen LogP contribution is 2.27. The van der Waals surface area contributed by atoms with Crippen molar-refractivity contribution in [1.29, 1.82) is 0 Å². The first-order valence-corrected chi connectivity index (χ1v) is 9.36. The molecule has 0 aromatic heterocycles. The molecule has 2 amide bonds. The predicted octanol–water partition coefficient (Wildman–Crippen LogP) is 3.25. The topological polar surface area (TPSA) is 67.4 Å². The molecule has 0 saturated carbocycles. The van der Waals surface area contributed by atoms with Gasteiger partial charge in [0.2, 0.25) is 11.8 Å². The summed E-state index contributed by atoms with van der Waals surface area (Å²) in [5.74, 6) is 0.675. The van der Waals surface area contributed by atoms with Crippen LogP contribution in [0.5, 0.6) is 5.75 Å². The third-order valence-corrected chi connectivity index (χ3v) is 4.98. The molecular formula is C22H26N2O3. The molecule has 0 unspecified atom stereocenters. The van der Waals surface area contributed by atoms with Crippen LogP contribution in [0, 0.1) is 12.8 Å². The van der Waals surface area contributed by atoms with Gasteiger partial charge in [0.15, 0.2) is 0 Å². The highest BCUT2D eigenvalue weighted by atomic mass is 16.5. The molecule has 0 radical (unpaired) electrons.